The number of nitrogens with zero attached hydrogens (tertiary/aromatic N) is 1. The van der Waals surface area contributed by atoms with Gasteiger partial charge in [-0.3, -0.25) is 0 Å². The number of rotatable bonds is 2. The zero-order valence-corrected chi connectivity index (χ0v) is 10.8. The third-order valence-electron chi connectivity index (χ3n) is 2.55. The van der Waals surface area contributed by atoms with Gasteiger partial charge in [-0.25, -0.2) is 0 Å². The average molecular weight is 302 g/mol. The number of carbonyl (C=O) groups excluding carboxylic acids is 1. The van der Waals surface area contributed by atoms with Crippen LogP contribution in [0.15, 0.2) is 11.8 Å². The molecule has 0 fully saturated rings. The summed E-state index contributed by atoms with van der Waals surface area (Å²) in [5.74, 6) is -0.435. The van der Waals surface area contributed by atoms with Gasteiger partial charge in [-0.1, -0.05) is 0 Å². The van der Waals surface area contributed by atoms with Crippen molar-refractivity contribution in [2.24, 2.45) is 0 Å². The fraction of sp³-hybridized carbons (Fsp3) is 0.667. The van der Waals surface area contributed by atoms with Gasteiger partial charge in [0.05, 0.1) is 0 Å². The summed E-state index contributed by atoms with van der Waals surface area (Å²) in [6, 6.07) is -1.59. The molecular weight excluding hydrogens is 291 g/mol. The first-order chi connectivity index (χ1) is 8.45. The highest BCUT2D eigenvalue weighted by Gasteiger charge is 2.49. The smallest absolute Gasteiger partial charge is 0.530 e. The minimum Gasteiger partial charge on any atom is -0.530 e. The summed E-state index contributed by atoms with van der Waals surface area (Å²) in [6.07, 6.45) is -0.777. The number of halogens is 3. The molecule has 1 amide bonds. The van der Waals surface area contributed by atoms with Gasteiger partial charge in [-0.05, 0) is 19.9 Å². The van der Waals surface area contributed by atoms with E-state index in [1.165, 1.54) is 13.8 Å². The maximum absolute atomic E-state index is 12.1. The molecule has 1 rings (SSSR count). The predicted octanol–water partition coefficient (Wildman–Crippen LogP) is 0.562. The molecule has 0 radical (unpaired) electrons. The van der Waals surface area contributed by atoms with Gasteiger partial charge in [-0.15, -0.1) is 0 Å². The number of amides is 1. The molecule has 0 saturated carbocycles. The van der Waals surface area contributed by atoms with Crippen molar-refractivity contribution in [2.45, 2.75) is 37.9 Å². The summed E-state index contributed by atoms with van der Waals surface area (Å²) in [7, 11) is -5.73. The first kappa shape index (κ1) is 15.6. The molecule has 1 aliphatic heterocycles. The molecule has 1 aliphatic rings. The minimum absolute atomic E-state index is 0.284. The van der Waals surface area contributed by atoms with Crippen molar-refractivity contribution in [2.75, 3.05) is 0 Å². The van der Waals surface area contributed by atoms with Crippen LogP contribution in [-0.4, -0.2) is 37.0 Å². The summed E-state index contributed by atoms with van der Waals surface area (Å²) in [6.45, 7) is 2.78. The monoisotopic (exact) mass is 302 g/mol. The lowest BCUT2D eigenvalue weighted by Gasteiger charge is -2.39. The van der Waals surface area contributed by atoms with Gasteiger partial charge in [0, 0.05) is 18.5 Å². The molecule has 0 aromatic rings. The van der Waals surface area contributed by atoms with E-state index in [2.05, 4.69) is 4.18 Å². The van der Waals surface area contributed by atoms with Gasteiger partial charge in [0.1, 0.15) is 11.9 Å². The number of carboxylic acid groups (broad SMARTS) is 1. The zero-order chi connectivity index (χ0) is 15.0. The van der Waals surface area contributed by atoms with Gasteiger partial charge in [0.25, 0.3) is 0 Å². The first-order valence-corrected chi connectivity index (χ1v) is 6.57. The highest BCUT2D eigenvalue weighted by molar-refractivity contribution is 7.87. The lowest BCUT2D eigenvalue weighted by molar-refractivity contribution is -0.269. The minimum atomic E-state index is -5.73. The third-order valence-corrected chi connectivity index (χ3v) is 3.55. The Labute approximate surface area is 107 Å². The number of hydrogen-bond donors (Lipinski definition) is 0. The normalized spacial score (nSPS) is 24.9. The molecule has 0 N–H and O–H groups in total. The van der Waals surface area contributed by atoms with Crippen LogP contribution in [0.5, 0.6) is 0 Å². The molecule has 6 nitrogen and oxygen atoms in total. The SMILES string of the molecule is C[C@H]1C=C(OS(=O)(=O)C(F)(F)F)C[C@H](C)N1C(=O)[O-]. The standard InChI is InChI=1S/C9H12F3NO5S/c1-5-3-7(4-6(2)13(5)8(14)15)18-19(16,17)9(10,11)12/h3,5-6H,4H2,1-2H3,(H,14,15)/p-1/t5-,6-/m0/s1. The van der Waals surface area contributed by atoms with E-state index in [0.29, 0.717) is 0 Å². The molecule has 1 heterocycles. The second-order valence-corrected chi connectivity index (χ2v) is 5.62. The topological polar surface area (TPSA) is 86.7 Å². The van der Waals surface area contributed by atoms with Crippen molar-refractivity contribution in [3.63, 3.8) is 0 Å². The molecule has 0 aliphatic carbocycles. The van der Waals surface area contributed by atoms with Gasteiger partial charge in [0.2, 0.25) is 0 Å². The number of carbonyl (C=O) groups is 1. The average Bonchev–Trinajstić information content (AvgIpc) is 2.12. The Morgan fingerprint density at radius 3 is 2.37 bits per heavy atom. The Kier molecular flexibility index (Phi) is 4.03. The van der Waals surface area contributed by atoms with Gasteiger partial charge >= 0.3 is 15.6 Å². The van der Waals surface area contributed by atoms with Crippen molar-refractivity contribution < 1.29 is 35.7 Å². The Morgan fingerprint density at radius 2 is 2.00 bits per heavy atom. The maximum atomic E-state index is 12.1. The van der Waals surface area contributed by atoms with Crippen molar-refractivity contribution in [1.29, 1.82) is 0 Å². The first-order valence-electron chi connectivity index (χ1n) is 5.16. The van der Waals surface area contributed by atoms with Crippen LogP contribution >= 0.6 is 0 Å². The second kappa shape index (κ2) is 4.91. The van der Waals surface area contributed by atoms with Crippen molar-refractivity contribution in [3.8, 4) is 0 Å². The number of alkyl halides is 3. The predicted molar refractivity (Wildman–Crippen MR) is 54.9 cm³/mol. The van der Waals surface area contributed by atoms with Crippen LogP contribution < -0.4 is 5.11 Å². The molecule has 2 atom stereocenters. The van der Waals surface area contributed by atoms with Crippen molar-refractivity contribution >= 4 is 16.2 Å². The van der Waals surface area contributed by atoms with Crippen LogP contribution in [0.1, 0.15) is 20.3 Å². The molecule has 0 spiro atoms. The van der Waals surface area contributed by atoms with Crippen LogP contribution in [0.2, 0.25) is 0 Å². The Morgan fingerprint density at radius 1 is 1.47 bits per heavy atom. The molecule has 0 aromatic carbocycles. The van der Waals surface area contributed by atoms with Gasteiger partial charge < -0.3 is 19.0 Å². The summed E-state index contributed by atoms with van der Waals surface area (Å²) < 4.78 is 62.0. The maximum Gasteiger partial charge on any atom is 0.534 e. The highest BCUT2D eigenvalue weighted by Crippen LogP contribution is 2.30. The van der Waals surface area contributed by atoms with Crippen LogP contribution in [0.4, 0.5) is 18.0 Å². The van der Waals surface area contributed by atoms with Crippen LogP contribution in [0, 0.1) is 0 Å². The second-order valence-electron chi connectivity index (χ2n) is 4.08. The van der Waals surface area contributed by atoms with Crippen molar-refractivity contribution in [3.05, 3.63) is 11.8 Å². The fourth-order valence-electron chi connectivity index (χ4n) is 1.80. The number of hydrogen-bond acceptors (Lipinski definition) is 5. The van der Waals surface area contributed by atoms with Crippen LogP contribution in [-0.2, 0) is 14.3 Å². The summed E-state index contributed by atoms with van der Waals surface area (Å²) in [5.41, 5.74) is -5.52. The largest absolute Gasteiger partial charge is 0.534 e. The van der Waals surface area contributed by atoms with Gasteiger partial charge in [-0.2, -0.15) is 21.6 Å². The van der Waals surface area contributed by atoms with E-state index in [1.54, 1.807) is 0 Å². The zero-order valence-electron chi connectivity index (χ0n) is 9.97. The molecule has 10 heteroatoms. The lowest BCUT2D eigenvalue weighted by Crippen LogP contribution is -2.52. The molecule has 0 saturated heterocycles. The molecule has 110 valence electrons. The van der Waals surface area contributed by atoms with Crippen molar-refractivity contribution in [1.82, 2.24) is 4.90 Å². The molecule has 0 unspecified atom stereocenters. The Balaban J connectivity index is 2.95. The Hall–Kier alpha value is -1.45. The molecular formula is C9H11F3NO5S-. The van der Waals surface area contributed by atoms with Crippen LogP contribution in [0.3, 0.4) is 0 Å². The van der Waals surface area contributed by atoms with Gasteiger partial charge in [0.15, 0.2) is 0 Å². The summed E-state index contributed by atoms with van der Waals surface area (Å²) in [5, 5.41) is 10.8. The van der Waals surface area contributed by atoms with E-state index in [1.807, 2.05) is 0 Å². The lowest BCUT2D eigenvalue weighted by atomic mass is 10.0. The van der Waals surface area contributed by atoms with E-state index in [9.17, 15) is 31.5 Å². The summed E-state index contributed by atoms with van der Waals surface area (Å²) in [4.78, 5) is 11.7. The molecule has 19 heavy (non-hydrogen) atoms. The molecule has 0 aromatic heterocycles. The van der Waals surface area contributed by atoms with E-state index in [-0.39, 0.29) is 6.42 Å². The third kappa shape index (κ3) is 3.31. The highest BCUT2D eigenvalue weighted by atomic mass is 32.2. The fourth-order valence-corrected chi connectivity index (χ4v) is 2.30. The van der Waals surface area contributed by atoms with Crippen LogP contribution in [0.25, 0.3) is 0 Å². The Bertz CT molecular complexity index is 498. The van der Waals surface area contributed by atoms with E-state index in [0.717, 1.165) is 11.0 Å². The summed E-state index contributed by atoms with van der Waals surface area (Å²) >= 11 is 0. The van der Waals surface area contributed by atoms with E-state index < -0.39 is 39.6 Å². The van der Waals surface area contributed by atoms with E-state index >= 15 is 0 Å². The quantitative estimate of drug-likeness (QED) is 0.549. The van der Waals surface area contributed by atoms with E-state index in [4.69, 9.17) is 0 Å². The molecule has 0 bridgehead atoms.